The quantitative estimate of drug-likeness (QED) is 0.682. The number of amides is 1. The first-order valence-electron chi connectivity index (χ1n) is 9.83. The van der Waals surface area contributed by atoms with Gasteiger partial charge in [0.1, 0.15) is 0 Å². The first kappa shape index (κ1) is 20.8. The highest BCUT2D eigenvalue weighted by Crippen LogP contribution is 2.38. The molecule has 1 fully saturated rings. The number of aromatic nitrogens is 4. The van der Waals surface area contributed by atoms with Gasteiger partial charge in [0.2, 0.25) is 5.95 Å². The number of benzene rings is 1. The normalized spacial score (nSPS) is 17.0. The highest BCUT2D eigenvalue weighted by atomic mass is 19.4. The van der Waals surface area contributed by atoms with Crippen LogP contribution < -0.4 is 5.73 Å². The van der Waals surface area contributed by atoms with Crippen LogP contribution in [0.25, 0.3) is 11.1 Å². The highest BCUT2D eigenvalue weighted by molar-refractivity contribution is 5.94. The van der Waals surface area contributed by atoms with E-state index in [9.17, 15) is 18.0 Å². The predicted octanol–water partition coefficient (Wildman–Crippen LogP) is 3.85. The third-order valence-electron chi connectivity index (χ3n) is 5.37. The fourth-order valence-corrected chi connectivity index (χ4v) is 3.91. The van der Waals surface area contributed by atoms with E-state index in [1.807, 2.05) is 0 Å². The minimum absolute atomic E-state index is 0.00470. The number of piperidine rings is 1. The minimum Gasteiger partial charge on any atom is -0.368 e. The van der Waals surface area contributed by atoms with Gasteiger partial charge < -0.3 is 10.6 Å². The topological polar surface area (TPSA) is 89.9 Å². The van der Waals surface area contributed by atoms with Gasteiger partial charge in [-0.05, 0) is 37.0 Å². The summed E-state index contributed by atoms with van der Waals surface area (Å²) < 4.78 is 41.3. The Morgan fingerprint density at radius 3 is 2.74 bits per heavy atom. The van der Waals surface area contributed by atoms with Crippen molar-refractivity contribution in [3.8, 4) is 11.1 Å². The van der Waals surface area contributed by atoms with Gasteiger partial charge in [-0.2, -0.15) is 18.3 Å². The molecule has 0 radical (unpaired) electrons. The number of aryl methyl sites for hydroxylation is 1. The van der Waals surface area contributed by atoms with Crippen molar-refractivity contribution >= 4 is 11.9 Å². The van der Waals surface area contributed by atoms with E-state index >= 15 is 0 Å². The van der Waals surface area contributed by atoms with E-state index in [4.69, 9.17) is 5.73 Å². The highest BCUT2D eigenvalue weighted by Gasteiger charge is 2.34. The predicted molar refractivity (Wildman–Crippen MR) is 108 cm³/mol. The first-order valence-corrected chi connectivity index (χ1v) is 9.83. The number of likely N-dealkylation sites (tertiary alicyclic amines) is 1. The third-order valence-corrected chi connectivity index (χ3v) is 5.37. The number of halogens is 3. The van der Waals surface area contributed by atoms with Crippen LogP contribution in [0.5, 0.6) is 0 Å². The maximum absolute atomic E-state index is 13.2. The number of hydrogen-bond donors (Lipinski definition) is 1. The van der Waals surface area contributed by atoms with Crippen molar-refractivity contribution in [3.05, 3.63) is 59.7 Å². The molecule has 0 saturated carbocycles. The van der Waals surface area contributed by atoms with Crippen LogP contribution in [0.1, 0.15) is 46.9 Å². The van der Waals surface area contributed by atoms with Gasteiger partial charge in [-0.15, -0.1) is 0 Å². The van der Waals surface area contributed by atoms with Crippen LogP contribution in [-0.4, -0.2) is 37.1 Å². The Labute approximate surface area is 176 Å². The number of hydrogen-bond acceptors (Lipinski definition) is 5. The Bertz CT molecular complexity index is 1110. The summed E-state index contributed by atoms with van der Waals surface area (Å²) >= 11 is 0. The second-order valence-electron chi connectivity index (χ2n) is 7.52. The lowest BCUT2D eigenvalue weighted by atomic mass is 9.93. The minimum atomic E-state index is -4.47. The van der Waals surface area contributed by atoms with Crippen LogP contribution in [0.4, 0.5) is 19.1 Å². The molecule has 162 valence electrons. The van der Waals surface area contributed by atoms with Gasteiger partial charge in [0.15, 0.2) is 0 Å². The fraction of sp³-hybridized carbons (Fsp3) is 0.333. The molecular weight excluding hydrogens is 409 g/mol. The molecule has 3 aromatic rings. The molecule has 1 atom stereocenters. The van der Waals surface area contributed by atoms with Crippen molar-refractivity contribution in [3.63, 3.8) is 0 Å². The van der Waals surface area contributed by atoms with Crippen LogP contribution >= 0.6 is 0 Å². The monoisotopic (exact) mass is 430 g/mol. The Morgan fingerprint density at radius 2 is 2.03 bits per heavy atom. The maximum Gasteiger partial charge on any atom is 0.416 e. The molecular formula is C21H21F3N6O. The van der Waals surface area contributed by atoms with Crippen LogP contribution in [0.15, 0.2) is 42.9 Å². The van der Waals surface area contributed by atoms with Gasteiger partial charge in [0, 0.05) is 31.5 Å². The molecule has 1 saturated heterocycles. The Balaban J connectivity index is 1.78. The van der Waals surface area contributed by atoms with Gasteiger partial charge in [0.05, 0.1) is 29.1 Å². The third kappa shape index (κ3) is 4.23. The van der Waals surface area contributed by atoms with Crippen LogP contribution in [-0.2, 0) is 13.2 Å². The number of carbonyl (C=O) groups excluding carboxylic acids is 1. The molecule has 1 aromatic carbocycles. The zero-order chi connectivity index (χ0) is 22.2. The molecule has 2 aromatic heterocycles. The number of nitrogens with zero attached hydrogens (tertiary/aromatic N) is 5. The average Bonchev–Trinajstić information content (AvgIpc) is 3.19. The van der Waals surface area contributed by atoms with Crippen molar-refractivity contribution in [1.29, 1.82) is 0 Å². The number of rotatable bonds is 3. The summed E-state index contributed by atoms with van der Waals surface area (Å²) in [5.41, 5.74) is 6.70. The van der Waals surface area contributed by atoms with Crippen LogP contribution in [0.3, 0.4) is 0 Å². The lowest BCUT2D eigenvalue weighted by molar-refractivity contribution is -0.137. The molecule has 3 heterocycles. The number of alkyl halides is 3. The van der Waals surface area contributed by atoms with Gasteiger partial charge in [-0.25, -0.2) is 9.97 Å². The number of anilines is 1. The molecule has 1 aliphatic rings. The van der Waals surface area contributed by atoms with E-state index in [1.165, 1.54) is 18.5 Å². The molecule has 0 spiro atoms. The van der Waals surface area contributed by atoms with Gasteiger partial charge in [-0.1, -0.05) is 12.1 Å². The van der Waals surface area contributed by atoms with Crippen molar-refractivity contribution in [2.45, 2.75) is 31.5 Å². The maximum atomic E-state index is 13.2. The van der Waals surface area contributed by atoms with E-state index in [1.54, 1.807) is 28.9 Å². The molecule has 1 amide bonds. The summed E-state index contributed by atoms with van der Waals surface area (Å²) in [5, 5.41) is 4.06. The van der Waals surface area contributed by atoms with E-state index in [0.717, 1.165) is 25.0 Å². The Hall–Kier alpha value is -3.43. The fourth-order valence-electron chi connectivity index (χ4n) is 3.91. The molecule has 1 unspecified atom stereocenters. The molecule has 10 heteroatoms. The van der Waals surface area contributed by atoms with E-state index in [-0.39, 0.29) is 11.9 Å². The molecule has 0 bridgehead atoms. The van der Waals surface area contributed by atoms with Crippen molar-refractivity contribution < 1.29 is 18.0 Å². The molecule has 31 heavy (non-hydrogen) atoms. The summed E-state index contributed by atoms with van der Waals surface area (Å²) in [4.78, 5) is 23.2. The lowest BCUT2D eigenvalue weighted by Gasteiger charge is -2.36. The van der Waals surface area contributed by atoms with Crippen molar-refractivity contribution in [2.75, 3.05) is 12.3 Å². The van der Waals surface area contributed by atoms with E-state index in [2.05, 4.69) is 15.1 Å². The van der Waals surface area contributed by atoms with Gasteiger partial charge in [-0.3, -0.25) is 9.48 Å². The SMILES string of the molecule is Cn1cc(C(=O)N2CCCCC2c2nc(N)ncc2-c2cccc(C(F)(F)F)c2)cn1. The molecule has 4 rings (SSSR count). The average molecular weight is 430 g/mol. The zero-order valence-corrected chi connectivity index (χ0v) is 16.8. The second-order valence-corrected chi connectivity index (χ2v) is 7.52. The lowest BCUT2D eigenvalue weighted by Crippen LogP contribution is -2.39. The summed E-state index contributed by atoms with van der Waals surface area (Å²) in [6.45, 7) is 0.504. The number of carbonyl (C=O) groups is 1. The van der Waals surface area contributed by atoms with Gasteiger partial charge >= 0.3 is 6.18 Å². The first-order chi connectivity index (χ1) is 14.7. The molecule has 1 aliphatic heterocycles. The summed E-state index contributed by atoms with van der Waals surface area (Å²) in [7, 11) is 1.72. The Kier molecular flexibility index (Phi) is 5.38. The van der Waals surface area contributed by atoms with Crippen molar-refractivity contribution in [2.24, 2.45) is 7.05 Å². The van der Waals surface area contributed by atoms with E-state index < -0.39 is 17.8 Å². The Morgan fingerprint density at radius 1 is 1.23 bits per heavy atom. The van der Waals surface area contributed by atoms with Crippen LogP contribution in [0.2, 0.25) is 0 Å². The standard InChI is InChI=1S/C21H21F3N6O/c1-29-12-14(10-27-29)19(31)30-8-3-2-7-17(30)18-16(11-26-20(25)28-18)13-5-4-6-15(9-13)21(22,23)24/h4-6,9-12,17H,2-3,7-8H2,1H3,(H2,25,26,28). The van der Waals surface area contributed by atoms with Crippen LogP contribution in [0, 0.1) is 0 Å². The molecule has 0 aliphatic carbocycles. The smallest absolute Gasteiger partial charge is 0.368 e. The summed E-state index contributed by atoms with van der Waals surface area (Å²) in [6, 6.07) is 4.56. The number of nitrogen functional groups attached to an aromatic ring is 1. The summed E-state index contributed by atoms with van der Waals surface area (Å²) in [5.74, 6) is -0.199. The summed E-state index contributed by atoms with van der Waals surface area (Å²) in [6.07, 6.45) is 2.38. The molecule has 7 nitrogen and oxygen atoms in total. The van der Waals surface area contributed by atoms with E-state index in [0.29, 0.717) is 35.3 Å². The largest absolute Gasteiger partial charge is 0.416 e. The van der Waals surface area contributed by atoms with Crippen molar-refractivity contribution in [1.82, 2.24) is 24.6 Å². The number of nitrogens with two attached hydrogens (primary N) is 1. The molecule has 2 N–H and O–H groups in total. The second kappa shape index (κ2) is 8.01. The zero-order valence-electron chi connectivity index (χ0n) is 16.8. The van der Waals surface area contributed by atoms with Gasteiger partial charge in [0.25, 0.3) is 5.91 Å².